The molecule has 0 aliphatic heterocycles. The Morgan fingerprint density at radius 2 is 1.63 bits per heavy atom. The number of terminal acetylenes is 1. The van der Waals surface area contributed by atoms with Gasteiger partial charge in [0.1, 0.15) is 17.7 Å². The molecule has 2 aromatic rings. The van der Waals surface area contributed by atoms with Gasteiger partial charge in [-0.25, -0.2) is 4.79 Å². The highest BCUT2D eigenvalue weighted by molar-refractivity contribution is 7.80. The number of hydrogen-bond acceptors (Lipinski definition) is 5. The van der Waals surface area contributed by atoms with Gasteiger partial charge >= 0.3 is 6.09 Å². The number of carbonyl (C=O) groups is 3. The van der Waals surface area contributed by atoms with Gasteiger partial charge in [-0.1, -0.05) is 75.3 Å². The van der Waals surface area contributed by atoms with E-state index in [9.17, 15) is 14.4 Å². The van der Waals surface area contributed by atoms with Gasteiger partial charge in [0, 0.05) is 23.5 Å². The molecule has 2 unspecified atom stereocenters. The van der Waals surface area contributed by atoms with Gasteiger partial charge in [-0.05, 0) is 63.4 Å². The first-order valence-electron chi connectivity index (χ1n) is 14.3. The van der Waals surface area contributed by atoms with Gasteiger partial charge in [0.25, 0.3) is 5.91 Å². The highest BCUT2D eigenvalue weighted by atomic mass is 32.1. The Hall–Kier alpha value is -3.44. The average Bonchev–Trinajstić information content (AvgIpc) is 2.93. The molecule has 0 bridgehead atoms. The zero-order valence-corrected chi connectivity index (χ0v) is 25.9. The lowest BCUT2D eigenvalue weighted by Gasteiger charge is -2.34. The molecular formula is C33H45N3O4S. The van der Waals surface area contributed by atoms with E-state index in [1.807, 2.05) is 31.2 Å². The van der Waals surface area contributed by atoms with E-state index in [2.05, 4.69) is 36.1 Å². The van der Waals surface area contributed by atoms with Crippen molar-refractivity contribution in [3.8, 4) is 12.3 Å². The third-order valence-corrected chi connectivity index (χ3v) is 6.93. The summed E-state index contributed by atoms with van der Waals surface area (Å²) in [4.78, 5) is 42.2. The van der Waals surface area contributed by atoms with Crippen LogP contribution in [0.3, 0.4) is 0 Å². The number of anilines is 1. The molecule has 222 valence electrons. The Morgan fingerprint density at radius 1 is 1.00 bits per heavy atom. The highest BCUT2D eigenvalue weighted by Crippen LogP contribution is 2.27. The van der Waals surface area contributed by atoms with Crippen LogP contribution in [0, 0.1) is 19.3 Å². The number of unbranched alkanes of at least 4 members (excludes halogenated alkanes) is 5. The van der Waals surface area contributed by atoms with Crippen LogP contribution < -0.4 is 10.6 Å². The summed E-state index contributed by atoms with van der Waals surface area (Å²) in [5.74, 6) is 1.86. The Kier molecular flexibility index (Phi) is 13.8. The van der Waals surface area contributed by atoms with Crippen molar-refractivity contribution in [1.82, 2.24) is 10.2 Å². The summed E-state index contributed by atoms with van der Waals surface area (Å²) < 4.78 is 5.39. The third kappa shape index (κ3) is 11.2. The van der Waals surface area contributed by atoms with Gasteiger partial charge in [-0.3, -0.25) is 9.59 Å². The first-order valence-corrected chi connectivity index (χ1v) is 15.0. The van der Waals surface area contributed by atoms with E-state index in [1.165, 1.54) is 0 Å². The number of thiol groups is 1. The van der Waals surface area contributed by atoms with Gasteiger partial charge in [-0.15, -0.1) is 6.42 Å². The number of rotatable bonds is 14. The molecule has 2 rings (SSSR count). The maximum Gasteiger partial charge on any atom is 0.408 e. The highest BCUT2D eigenvalue weighted by Gasteiger charge is 2.36. The number of ether oxygens (including phenoxy) is 1. The lowest BCUT2D eigenvalue weighted by Crippen LogP contribution is -2.53. The second kappa shape index (κ2) is 16.7. The van der Waals surface area contributed by atoms with Crippen molar-refractivity contribution < 1.29 is 19.1 Å². The first kappa shape index (κ1) is 33.8. The standard InChI is InChI=1S/C33H45N3O4S/c1-7-9-10-11-12-15-22-36(31(38)28(23-41)35-32(39)40-33(4,5)6)29(26-20-18-25(8-2)19-21-26)30(37)34-27-17-14-13-16-24(27)3/h2,13-14,16-21,28-29,41H,7,9-12,15,22-23H2,1,3-6H3,(H,34,37)(H,35,39). The van der Waals surface area contributed by atoms with Gasteiger partial charge < -0.3 is 20.3 Å². The smallest absolute Gasteiger partial charge is 0.408 e. The Balaban J connectivity index is 2.47. The van der Waals surface area contributed by atoms with Crippen molar-refractivity contribution in [2.24, 2.45) is 0 Å². The number of nitrogens with one attached hydrogen (secondary N) is 2. The molecule has 8 heteroatoms. The molecule has 2 atom stereocenters. The summed E-state index contributed by atoms with van der Waals surface area (Å²) in [5.41, 5.74) is 2.11. The molecule has 0 spiro atoms. The quantitative estimate of drug-likeness (QED) is 0.133. The van der Waals surface area contributed by atoms with Gasteiger partial charge in [0.2, 0.25) is 5.91 Å². The van der Waals surface area contributed by atoms with Gasteiger partial charge in [0.05, 0.1) is 0 Å². The van der Waals surface area contributed by atoms with Crippen molar-refractivity contribution in [3.63, 3.8) is 0 Å². The topological polar surface area (TPSA) is 87.7 Å². The molecular weight excluding hydrogens is 534 g/mol. The molecule has 7 nitrogen and oxygen atoms in total. The summed E-state index contributed by atoms with van der Waals surface area (Å²) in [6.45, 7) is 9.66. The summed E-state index contributed by atoms with van der Waals surface area (Å²) in [6, 6.07) is 12.6. The third-order valence-electron chi connectivity index (χ3n) is 6.56. The van der Waals surface area contributed by atoms with E-state index in [0.717, 1.165) is 37.7 Å². The van der Waals surface area contributed by atoms with Crippen molar-refractivity contribution in [2.75, 3.05) is 17.6 Å². The van der Waals surface area contributed by atoms with Crippen LogP contribution in [-0.4, -0.2) is 46.7 Å². The fourth-order valence-electron chi connectivity index (χ4n) is 4.41. The number of hydrogen-bond donors (Lipinski definition) is 3. The summed E-state index contributed by atoms with van der Waals surface area (Å²) in [6.07, 6.45) is 10.9. The number of benzene rings is 2. The van der Waals surface area contributed by atoms with E-state index in [4.69, 9.17) is 11.2 Å². The van der Waals surface area contributed by atoms with Crippen LogP contribution in [0.25, 0.3) is 0 Å². The number of amides is 3. The van der Waals surface area contributed by atoms with Crippen LogP contribution >= 0.6 is 12.6 Å². The Labute approximate surface area is 251 Å². The van der Waals surface area contributed by atoms with Crippen LogP contribution in [0.5, 0.6) is 0 Å². The van der Waals surface area contributed by atoms with Crippen LogP contribution in [0.1, 0.15) is 89.0 Å². The number of aryl methyl sites for hydroxylation is 1. The largest absolute Gasteiger partial charge is 0.444 e. The number of alkyl carbamates (subject to hydrolysis) is 1. The van der Waals surface area contributed by atoms with Crippen LogP contribution in [0.15, 0.2) is 48.5 Å². The van der Waals surface area contributed by atoms with E-state index < -0.39 is 29.7 Å². The minimum absolute atomic E-state index is 0.0350. The SMILES string of the molecule is C#Cc1ccc(C(C(=O)Nc2ccccc2C)N(CCCCCCCC)C(=O)C(CS)NC(=O)OC(C)(C)C)cc1. The molecule has 0 aliphatic rings. The molecule has 0 radical (unpaired) electrons. The van der Waals surface area contributed by atoms with E-state index >= 15 is 0 Å². The average molecular weight is 580 g/mol. The monoisotopic (exact) mass is 579 g/mol. The molecule has 3 amide bonds. The molecule has 0 heterocycles. The number of nitrogens with zero attached hydrogens (tertiary/aromatic N) is 1. The lowest BCUT2D eigenvalue weighted by molar-refractivity contribution is -0.140. The molecule has 41 heavy (non-hydrogen) atoms. The molecule has 2 N–H and O–H groups in total. The van der Waals surface area contributed by atoms with E-state index in [1.54, 1.807) is 49.9 Å². The summed E-state index contributed by atoms with van der Waals surface area (Å²) >= 11 is 4.37. The van der Waals surface area contributed by atoms with E-state index in [0.29, 0.717) is 29.8 Å². The van der Waals surface area contributed by atoms with Crippen LogP contribution in [0.4, 0.5) is 10.5 Å². The predicted octanol–water partition coefficient (Wildman–Crippen LogP) is 6.67. The molecule has 0 saturated carbocycles. The van der Waals surface area contributed by atoms with Gasteiger partial charge in [-0.2, -0.15) is 12.6 Å². The van der Waals surface area contributed by atoms with Crippen molar-refractivity contribution in [3.05, 3.63) is 65.2 Å². The van der Waals surface area contributed by atoms with Crippen molar-refractivity contribution >= 4 is 36.2 Å². The molecule has 0 aliphatic carbocycles. The predicted molar refractivity (Wildman–Crippen MR) is 169 cm³/mol. The fourth-order valence-corrected chi connectivity index (χ4v) is 4.66. The second-order valence-electron chi connectivity index (χ2n) is 11.2. The Bertz CT molecular complexity index is 1180. The molecule has 0 aromatic heterocycles. The van der Waals surface area contributed by atoms with Crippen molar-refractivity contribution in [2.45, 2.75) is 90.8 Å². The molecule has 0 saturated heterocycles. The zero-order chi connectivity index (χ0) is 30.4. The number of carbonyl (C=O) groups excluding carboxylic acids is 3. The molecule has 2 aromatic carbocycles. The maximum atomic E-state index is 14.1. The normalized spacial score (nSPS) is 12.5. The van der Waals surface area contributed by atoms with E-state index in [-0.39, 0.29) is 11.7 Å². The lowest BCUT2D eigenvalue weighted by atomic mass is 10.00. The first-order chi connectivity index (χ1) is 19.5. The van der Waals surface area contributed by atoms with Crippen LogP contribution in [0.2, 0.25) is 0 Å². The second-order valence-corrected chi connectivity index (χ2v) is 11.5. The molecule has 0 fully saturated rings. The minimum atomic E-state index is -0.994. The summed E-state index contributed by atoms with van der Waals surface area (Å²) in [5, 5.41) is 5.67. The fraction of sp³-hybridized carbons (Fsp3) is 0.485. The van der Waals surface area contributed by atoms with Crippen molar-refractivity contribution in [1.29, 1.82) is 0 Å². The van der Waals surface area contributed by atoms with Gasteiger partial charge in [0.15, 0.2) is 0 Å². The zero-order valence-electron chi connectivity index (χ0n) is 25.0. The summed E-state index contributed by atoms with van der Waals surface area (Å²) in [7, 11) is 0. The Morgan fingerprint density at radius 3 is 2.22 bits per heavy atom. The van der Waals surface area contributed by atoms with Crippen LogP contribution in [-0.2, 0) is 14.3 Å². The number of para-hydroxylation sites is 1. The maximum absolute atomic E-state index is 14.1. The minimum Gasteiger partial charge on any atom is -0.444 e.